The monoisotopic (exact) mass is 482 g/mol. The fraction of sp³-hybridized carbons (Fsp3) is 0.400. The summed E-state index contributed by atoms with van der Waals surface area (Å²) in [6.07, 6.45) is 4.41. The summed E-state index contributed by atoms with van der Waals surface area (Å²) in [6, 6.07) is 14.5. The topological polar surface area (TPSA) is 49.3 Å². The molecule has 0 aliphatic carbocycles. The number of hydrogen-bond donors (Lipinski definition) is 2. The SMILES string of the molecule is CN=C(NCc1cccc(-c2ccccn2)c1)NCC1(C)CCCS1.I. The van der Waals surface area contributed by atoms with Crippen LogP contribution in [0.5, 0.6) is 0 Å². The van der Waals surface area contributed by atoms with Gasteiger partial charge >= 0.3 is 0 Å². The maximum Gasteiger partial charge on any atom is 0.191 e. The first kappa shape index (κ1) is 21.0. The van der Waals surface area contributed by atoms with Gasteiger partial charge in [0.05, 0.1) is 5.69 Å². The van der Waals surface area contributed by atoms with E-state index in [1.165, 1.54) is 24.2 Å². The van der Waals surface area contributed by atoms with Gasteiger partial charge < -0.3 is 10.6 Å². The third-order valence-electron chi connectivity index (χ3n) is 4.50. The molecule has 0 saturated carbocycles. The van der Waals surface area contributed by atoms with Gasteiger partial charge in [-0.15, -0.1) is 24.0 Å². The lowest BCUT2D eigenvalue weighted by Gasteiger charge is -2.24. The fourth-order valence-corrected chi connectivity index (χ4v) is 4.27. The molecule has 3 rings (SSSR count). The molecule has 1 aliphatic rings. The molecule has 1 atom stereocenters. The summed E-state index contributed by atoms with van der Waals surface area (Å²) < 4.78 is 0.330. The van der Waals surface area contributed by atoms with E-state index in [1.807, 2.05) is 31.4 Å². The van der Waals surface area contributed by atoms with E-state index < -0.39 is 0 Å². The smallest absolute Gasteiger partial charge is 0.191 e. The molecule has 2 heterocycles. The molecule has 0 spiro atoms. The second kappa shape index (κ2) is 10.2. The van der Waals surface area contributed by atoms with Crippen molar-refractivity contribution in [1.82, 2.24) is 15.6 Å². The number of rotatable bonds is 5. The van der Waals surface area contributed by atoms with E-state index >= 15 is 0 Å². The number of nitrogens with zero attached hydrogens (tertiary/aromatic N) is 2. The second-order valence-corrected chi connectivity index (χ2v) is 8.28. The van der Waals surface area contributed by atoms with Crippen LogP contribution in [0.2, 0.25) is 0 Å². The minimum absolute atomic E-state index is 0. The maximum absolute atomic E-state index is 4.42. The summed E-state index contributed by atoms with van der Waals surface area (Å²) in [6.45, 7) is 4.02. The van der Waals surface area contributed by atoms with Crippen molar-refractivity contribution in [1.29, 1.82) is 0 Å². The standard InChI is InChI=1S/C20H26N4S.HI/c1-20(10-6-12-25-20)15-24-19(21-2)23-14-16-7-5-8-17(13-16)18-9-3-4-11-22-18;/h3-5,7-9,11,13H,6,10,12,14-15H2,1-2H3,(H2,21,23,24);1H. The summed E-state index contributed by atoms with van der Waals surface area (Å²) >= 11 is 2.06. The first-order valence-corrected chi connectivity index (χ1v) is 9.76. The highest BCUT2D eigenvalue weighted by Crippen LogP contribution is 2.36. The quantitative estimate of drug-likeness (QED) is 0.379. The Labute approximate surface area is 177 Å². The Hall–Kier alpha value is -1.28. The molecule has 1 saturated heterocycles. The number of thioether (sulfide) groups is 1. The summed E-state index contributed by atoms with van der Waals surface area (Å²) in [5, 5.41) is 6.89. The number of guanidine groups is 1. The molecule has 1 unspecified atom stereocenters. The van der Waals surface area contributed by atoms with Crippen molar-refractivity contribution in [2.45, 2.75) is 31.1 Å². The Morgan fingerprint density at radius 3 is 2.81 bits per heavy atom. The molecular weight excluding hydrogens is 455 g/mol. The molecule has 6 heteroatoms. The van der Waals surface area contributed by atoms with E-state index in [0.717, 1.165) is 30.3 Å². The fourth-order valence-electron chi connectivity index (χ4n) is 3.03. The zero-order valence-corrected chi connectivity index (χ0v) is 18.5. The van der Waals surface area contributed by atoms with E-state index in [-0.39, 0.29) is 24.0 Å². The van der Waals surface area contributed by atoms with Crippen molar-refractivity contribution in [3.05, 3.63) is 54.2 Å². The van der Waals surface area contributed by atoms with E-state index in [1.54, 1.807) is 0 Å². The first-order valence-electron chi connectivity index (χ1n) is 8.77. The minimum Gasteiger partial charge on any atom is -0.355 e. The normalized spacial score (nSPS) is 19.7. The van der Waals surface area contributed by atoms with Crippen molar-refractivity contribution >= 4 is 41.7 Å². The second-order valence-electron chi connectivity index (χ2n) is 6.60. The van der Waals surface area contributed by atoms with Gasteiger partial charge in [-0.3, -0.25) is 9.98 Å². The van der Waals surface area contributed by atoms with E-state index in [4.69, 9.17) is 0 Å². The van der Waals surface area contributed by atoms with Crippen LogP contribution in [0.4, 0.5) is 0 Å². The molecule has 26 heavy (non-hydrogen) atoms. The van der Waals surface area contributed by atoms with Gasteiger partial charge in [-0.05, 0) is 49.3 Å². The highest BCUT2D eigenvalue weighted by Gasteiger charge is 2.29. The molecule has 1 aromatic carbocycles. The van der Waals surface area contributed by atoms with Gasteiger partial charge in [0.1, 0.15) is 0 Å². The van der Waals surface area contributed by atoms with Gasteiger partial charge in [0.25, 0.3) is 0 Å². The van der Waals surface area contributed by atoms with Crippen molar-refractivity contribution in [3.8, 4) is 11.3 Å². The van der Waals surface area contributed by atoms with Crippen LogP contribution < -0.4 is 10.6 Å². The molecule has 1 aliphatic heterocycles. The lowest BCUT2D eigenvalue weighted by atomic mass is 10.1. The largest absolute Gasteiger partial charge is 0.355 e. The minimum atomic E-state index is 0. The molecule has 4 nitrogen and oxygen atoms in total. The molecule has 0 amide bonds. The predicted octanol–water partition coefficient (Wildman–Crippen LogP) is 4.32. The van der Waals surface area contributed by atoms with Crippen LogP contribution in [0.3, 0.4) is 0 Å². The molecule has 2 N–H and O–H groups in total. The molecule has 0 bridgehead atoms. The van der Waals surface area contributed by atoms with Crippen molar-refractivity contribution in [3.63, 3.8) is 0 Å². The van der Waals surface area contributed by atoms with Gasteiger partial charge in [-0.1, -0.05) is 24.3 Å². The Bertz CT molecular complexity index is 715. The molecule has 1 fully saturated rings. The molecule has 140 valence electrons. The van der Waals surface area contributed by atoms with E-state index in [9.17, 15) is 0 Å². The third kappa shape index (κ3) is 5.87. The van der Waals surface area contributed by atoms with Gasteiger partial charge in [-0.25, -0.2) is 0 Å². The number of hydrogen-bond acceptors (Lipinski definition) is 3. The molecule has 1 aromatic heterocycles. The number of nitrogens with one attached hydrogen (secondary N) is 2. The number of aliphatic imine (C=N–C) groups is 1. The highest BCUT2D eigenvalue weighted by atomic mass is 127. The summed E-state index contributed by atoms with van der Waals surface area (Å²) in [7, 11) is 1.82. The highest BCUT2D eigenvalue weighted by molar-refractivity contribution is 14.0. The van der Waals surface area contributed by atoms with Crippen LogP contribution in [-0.2, 0) is 6.54 Å². The number of benzene rings is 1. The lowest BCUT2D eigenvalue weighted by molar-refractivity contribution is 0.584. The molecular formula is C20H27IN4S. The zero-order valence-electron chi connectivity index (χ0n) is 15.4. The summed E-state index contributed by atoms with van der Waals surface area (Å²) in [4.78, 5) is 8.77. The van der Waals surface area contributed by atoms with Gasteiger partial charge in [0.2, 0.25) is 0 Å². The predicted molar refractivity (Wildman–Crippen MR) is 123 cm³/mol. The first-order chi connectivity index (χ1) is 12.2. The Balaban J connectivity index is 0.00000243. The third-order valence-corrected chi connectivity index (χ3v) is 6.04. The van der Waals surface area contributed by atoms with E-state index in [2.05, 4.69) is 63.6 Å². The van der Waals surface area contributed by atoms with Crippen LogP contribution >= 0.6 is 35.7 Å². The Kier molecular flexibility index (Phi) is 8.21. The molecule has 0 radical (unpaired) electrons. The Morgan fingerprint density at radius 1 is 1.23 bits per heavy atom. The van der Waals surface area contributed by atoms with Gasteiger partial charge in [0.15, 0.2) is 5.96 Å². The molecule has 2 aromatic rings. The number of halogens is 1. The van der Waals surface area contributed by atoms with Crippen molar-refractivity contribution in [2.24, 2.45) is 4.99 Å². The average Bonchev–Trinajstić information content (AvgIpc) is 3.10. The van der Waals surface area contributed by atoms with Gasteiger partial charge in [-0.2, -0.15) is 11.8 Å². The maximum atomic E-state index is 4.42. The van der Waals surface area contributed by atoms with E-state index in [0.29, 0.717) is 4.75 Å². The number of aromatic nitrogens is 1. The summed E-state index contributed by atoms with van der Waals surface area (Å²) in [5.41, 5.74) is 3.35. The lowest BCUT2D eigenvalue weighted by Crippen LogP contribution is -2.43. The van der Waals surface area contributed by atoms with Crippen LogP contribution in [0, 0.1) is 0 Å². The van der Waals surface area contributed by atoms with Crippen LogP contribution in [0.25, 0.3) is 11.3 Å². The number of pyridine rings is 1. The summed E-state index contributed by atoms with van der Waals surface area (Å²) in [5.74, 6) is 2.13. The Morgan fingerprint density at radius 2 is 2.12 bits per heavy atom. The van der Waals surface area contributed by atoms with Crippen molar-refractivity contribution in [2.75, 3.05) is 19.3 Å². The zero-order chi connectivity index (χ0) is 17.5. The van der Waals surface area contributed by atoms with Gasteiger partial charge in [0, 0.05) is 36.6 Å². The van der Waals surface area contributed by atoms with Crippen LogP contribution in [0.15, 0.2) is 53.7 Å². The average molecular weight is 482 g/mol. The van der Waals surface area contributed by atoms with Crippen molar-refractivity contribution < 1.29 is 0 Å². The van der Waals surface area contributed by atoms with Crippen LogP contribution in [0.1, 0.15) is 25.3 Å². The van der Waals surface area contributed by atoms with Crippen LogP contribution in [-0.4, -0.2) is 35.0 Å².